The Morgan fingerprint density at radius 1 is 0.973 bits per heavy atom. The van der Waals surface area contributed by atoms with Crippen molar-refractivity contribution in [3.05, 3.63) is 12.4 Å². The van der Waals surface area contributed by atoms with Crippen molar-refractivity contribution in [2.75, 3.05) is 68.1 Å². The van der Waals surface area contributed by atoms with E-state index in [2.05, 4.69) is 43.5 Å². The molecule has 3 N–H and O–H groups in total. The van der Waals surface area contributed by atoms with Crippen molar-refractivity contribution < 1.29 is 9.47 Å². The second-order valence-corrected chi connectivity index (χ2v) is 10.5. The minimum atomic E-state index is 0.227. The standard InChI is InChI=1S/C25H36N10O2/c1-16-12-34(13-17(2)29-16)25-30-20-22(33-5-8-36-9-6-33)31-21(19-10-27-24(26)28-11-19)32-23(20)35(25)14-18-4-3-7-37-15-18/h10-11,16-18,29H,3-9,12-15H2,1-2H3,(H2,26,27,28). The van der Waals surface area contributed by atoms with E-state index in [1.54, 1.807) is 12.4 Å². The Balaban J connectivity index is 1.52. The molecule has 0 bridgehead atoms. The molecule has 6 heterocycles. The van der Waals surface area contributed by atoms with Crippen molar-refractivity contribution in [3.8, 4) is 11.4 Å². The third-order valence-corrected chi connectivity index (χ3v) is 7.33. The number of nitrogens with one attached hydrogen (secondary N) is 1. The van der Waals surface area contributed by atoms with Crippen LogP contribution in [0.5, 0.6) is 0 Å². The molecule has 12 heteroatoms. The number of nitrogens with zero attached hydrogens (tertiary/aromatic N) is 8. The van der Waals surface area contributed by atoms with Crippen LogP contribution in [0.3, 0.4) is 0 Å². The molecule has 3 aliphatic rings. The first-order valence-electron chi connectivity index (χ1n) is 13.3. The van der Waals surface area contributed by atoms with E-state index in [-0.39, 0.29) is 5.95 Å². The van der Waals surface area contributed by atoms with Gasteiger partial charge in [-0.15, -0.1) is 0 Å². The second-order valence-electron chi connectivity index (χ2n) is 10.5. The van der Waals surface area contributed by atoms with E-state index in [0.29, 0.717) is 37.0 Å². The van der Waals surface area contributed by atoms with Crippen molar-refractivity contribution in [1.82, 2.24) is 34.8 Å². The van der Waals surface area contributed by atoms with Crippen LogP contribution >= 0.6 is 0 Å². The van der Waals surface area contributed by atoms with E-state index in [4.69, 9.17) is 30.2 Å². The fourth-order valence-corrected chi connectivity index (χ4v) is 5.66. The monoisotopic (exact) mass is 508 g/mol. The van der Waals surface area contributed by atoms with Crippen molar-refractivity contribution in [1.29, 1.82) is 0 Å². The third kappa shape index (κ3) is 5.05. The summed E-state index contributed by atoms with van der Waals surface area (Å²) < 4.78 is 13.8. The van der Waals surface area contributed by atoms with E-state index in [1.807, 2.05) is 0 Å². The topological polar surface area (TPSA) is 132 Å². The van der Waals surface area contributed by atoms with Gasteiger partial charge in [-0.2, -0.15) is 0 Å². The Kier molecular flexibility index (Phi) is 6.78. The van der Waals surface area contributed by atoms with Crippen LogP contribution in [-0.2, 0) is 16.0 Å². The van der Waals surface area contributed by atoms with E-state index in [0.717, 1.165) is 87.3 Å². The lowest BCUT2D eigenvalue weighted by molar-refractivity contribution is 0.0488. The van der Waals surface area contributed by atoms with Gasteiger partial charge in [0.15, 0.2) is 22.8 Å². The number of nitrogens with two attached hydrogens (primary N) is 1. The van der Waals surface area contributed by atoms with Crippen LogP contribution in [0.1, 0.15) is 26.7 Å². The number of piperazine rings is 1. The maximum absolute atomic E-state index is 5.84. The summed E-state index contributed by atoms with van der Waals surface area (Å²) in [5.74, 6) is 2.99. The van der Waals surface area contributed by atoms with Gasteiger partial charge >= 0.3 is 0 Å². The zero-order chi connectivity index (χ0) is 25.4. The quantitative estimate of drug-likeness (QED) is 0.517. The molecule has 0 aliphatic carbocycles. The Labute approximate surface area is 216 Å². The number of morpholine rings is 1. The van der Waals surface area contributed by atoms with Gasteiger partial charge in [-0.05, 0) is 26.7 Å². The number of fused-ring (bicyclic) bond motifs is 1. The summed E-state index contributed by atoms with van der Waals surface area (Å²) >= 11 is 0. The van der Waals surface area contributed by atoms with Crippen LogP contribution < -0.4 is 20.9 Å². The smallest absolute Gasteiger partial charge is 0.219 e. The van der Waals surface area contributed by atoms with E-state index in [9.17, 15) is 0 Å². The molecule has 0 spiro atoms. The molecule has 0 saturated carbocycles. The van der Waals surface area contributed by atoms with Crippen LogP contribution in [0.15, 0.2) is 12.4 Å². The van der Waals surface area contributed by atoms with Crippen molar-refractivity contribution in [3.63, 3.8) is 0 Å². The number of aromatic nitrogens is 6. The molecule has 0 radical (unpaired) electrons. The molecule has 198 valence electrons. The largest absolute Gasteiger partial charge is 0.381 e. The summed E-state index contributed by atoms with van der Waals surface area (Å²) in [6.45, 7) is 11.4. The van der Waals surface area contributed by atoms with Gasteiger partial charge in [0.1, 0.15) is 0 Å². The minimum Gasteiger partial charge on any atom is -0.381 e. The Morgan fingerprint density at radius 2 is 1.73 bits per heavy atom. The normalized spacial score (nSPS) is 25.1. The van der Waals surface area contributed by atoms with Gasteiger partial charge in [0.05, 0.1) is 25.4 Å². The molecule has 3 saturated heterocycles. The number of imidazole rings is 1. The first-order valence-corrected chi connectivity index (χ1v) is 13.3. The maximum Gasteiger partial charge on any atom is 0.219 e. The van der Waals surface area contributed by atoms with E-state index >= 15 is 0 Å². The van der Waals surface area contributed by atoms with Crippen LogP contribution in [0.4, 0.5) is 17.7 Å². The summed E-state index contributed by atoms with van der Waals surface area (Å²) in [6, 6.07) is 0.727. The van der Waals surface area contributed by atoms with Crippen LogP contribution in [0.2, 0.25) is 0 Å². The summed E-state index contributed by atoms with van der Waals surface area (Å²) in [7, 11) is 0. The van der Waals surface area contributed by atoms with Gasteiger partial charge in [-0.25, -0.2) is 24.9 Å². The first-order chi connectivity index (χ1) is 18.0. The van der Waals surface area contributed by atoms with Crippen LogP contribution in [-0.4, -0.2) is 94.2 Å². The zero-order valence-electron chi connectivity index (χ0n) is 21.6. The minimum absolute atomic E-state index is 0.227. The van der Waals surface area contributed by atoms with Gasteiger partial charge < -0.3 is 30.3 Å². The molecule has 12 nitrogen and oxygen atoms in total. The molecule has 6 rings (SSSR count). The van der Waals surface area contributed by atoms with Crippen LogP contribution in [0, 0.1) is 5.92 Å². The summed E-state index contributed by atoms with van der Waals surface area (Å²) in [6.07, 6.45) is 5.58. The average Bonchev–Trinajstić information content (AvgIpc) is 3.27. The molecule has 3 aromatic rings. The number of hydrogen-bond acceptors (Lipinski definition) is 11. The first kappa shape index (κ1) is 24.3. The predicted molar refractivity (Wildman–Crippen MR) is 142 cm³/mol. The Hall–Kier alpha value is -3.09. The Morgan fingerprint density at radius 3 is 2.43 bits per heavy atom. The molecule has 3 aliphatic heterocycles. The molecular formula is C25H36N10O2. The molecule has 37 heavy (non-hydrogen) atoms. The summed E-state index contributed by atoms with van der Waals surface area (Å²) in [5.41, 5.74) is 8.15. The highest BCUT2D eigenvalue weighted by atomic mass is 16.5. The van der Waals surface area contributed by atoms with E-state index in [1.165, 1.54) is 0 Å². The van der Waals surface area contributed by atoms with Crippen molar-refractivity contribution >= 4 is 28.9 Å². The summed E-state index contributed by atoms with van der Waals surface area (Å²) in [4.78, 5) is 28.4. The number of ether oxygens (including phenoxy) is 2. The fourth-order valence-electron chi connectivity index (χ4n) is 5.66. The number of anilines is 3. The number of rotatable bonds is 5. The maximum atomic E-state index is 5.84. The summed E-state index contributed by atoms with van der Waals surface area (Å²) in [5, 5.41) is 3.64. The van der Waals surface area contributed by atoms with Gasteiger partial charge in [-0.1, -0.05) is 0 Å². The molecule has 0 amide bonds. The highest BCUT2D eigenvalue weighted by Crippen LogP contribution is 2.33. The van der Waals surface area contributed by atoms with Crippen LogP contribution in [0.25, 0.3) is 22.6 Å². The lowest BCUT2D eigenvalue weighted by Crippen LogP contribution is -2.55. The highest BCUT2D eigenvalue weighted by molar-refractivity contribution is 5.88. The van der Waals surface area contributed by atoms with E-state index < -0.39 is 0 Å². The zero-order valence-corrected chi connectivity index (χ0v) is 21.6. The second kappa shape index (κ2) is 10.3. The van der Waals surface area contributed by atoms with Gasteiger partial charge in [0, 0.05) is 69.7 Å². The highest BCUT2D eigenvalue weighted by Gasteiger charge is 2.30. The molecule has 3 fully saturated rings. The predicted octanol–water partition coefficient (Wildman–Crippen LogP) is 1.32. The van der Waals surface area contributed by atoms with Crippen molar-refractivity contribution in [2.24, 2.45) is 5.92 Å². The number of hydrogen-bond donors (Lipinski definition) is 2. The van der Waals surface area contributed by atoms with Gasteiger partial charge in [0.25, 0.3) is 0 Å². The van der Waals surface area contributed by atoms with Crippen molar-refractivity contribution in [2.45, 2.75) is 45.3 Å². The average molecular weight is 509 g/mol. The lowest BCUT2D eigenvalue weighted by atomic mass is 10.0. The van der Waals surface area contributed by atoms with Gasteiger partial charge in [-0.3, -0.25) is 4.57 Å². The molecule has 0 aromatic carbocycles. The lowest BCUT2D eigenvalue weighted by Gasteiger charge is -2.37. The molecule has 3 atom stereocenters. The fraction of sp³-hybridized carbons (Fsp3) is 0.640. The molecule has 3 aromatic heterocycles. The third-order valence-electron chi connectivity index (χ3n) is 7.33. The Bertz CT molecular complexity index is 1210. The van der Waals surface area contributed by atoms with Gasteiger partial charge in [0.2, 0.25) is 11.9 Å². The number of nitrogen functional groups attached to an aromatic ring is 1. The molecule has 3 unspecified atom stereocenters. The molecular weight excluding hydrogens is 472 g/mol. The SMILES string of the molecule is CC1CN(c2nc3c(N4CCOCC4)nc(-c4cnc(N)nc4)nc3n2CC2CCCOC2)CC(C)N1.